The van der Waals surface area contributed by atoms with E-state index in [1.54, 1.807) is 0 Å². The standard InChI is InChI=1S/C17H25NO/c1-3-14-9-11-16(12-10-14)18(2)13-17(19)15-7-5-4-6-8-15/h9-12,15H,3-8,13H2,1-2H3. The maximum absolute atomic E-state index is 12.3. The summed E-state index contributed by atoms with van der Waals surface area (Å²) in [6.07, 6.45) is 7.02. The van der Waals surface area contributed by atoms with Gasteiger partial charge in [0.15, 0.2) is 5.78 Å². The molecular weight excluding hydrogens is 234 g/mol. The van der Waals surface area contributed by atoms with E-state index < -0.39 is 0 Å². The van der Waals surface area contributed by atoms with Crippen LogP contribution in [0.3, 0.4) is 0 Å². The van der Waals surface area contributed by atoms with Crippen molar-refractivity contribution in [3.63, 3.8) is 0 Å². The van der Waals surface area contributed by atoms with Crippen LogP contribution in [0.4, 0.5) is 5.69 Å². The first kappa shape index (κ1) is 14.1. The highest BCUT2D eigenvalue weighted by Crippen LogP contribution is 2.25. The van der Waals surface area contributed by atoms with Gasteiger partial charge in [0.2, 0.25) is 0 Å². The van der Waals surface area contributed by atoms with Crippen molar-refractivity contribution in [2.75, 3.05) is 18.5 Å². The van der Waals surface area contributed by atoms with Crippen molar-refractivity contribution in [1.29, 1.82) is 0 Å². The zero-order valence-corrected chi connectivity index (χ0v) is 12.2. The Labute approximate surface area is 116 Å². The van der Waals surface area contributed by atoms with E-state index in [1.165, 1.54) is 24.8 Å². The van der Waals surface area contributed by atoms with E-state index in [9.17, 15) is 4.79 Å². The summed E-state index contributed by atoms with van der Waals surface area (Å²) in [5.41, 5.74) is 2.48. The Morgan fingerprint density at radius 3 is 2.37 bits per heavy atom. The minimum Gasteiger partial charge on any atom is -0.367 e. The number of ketones is 1. The molecule has 0 aliphatic heterocycles. The molecule has 0 N–H and O–H groups in total. The molecule has 104 valence electrons. The fraction of sp³-hybridized carbons (Fsp3) is 0.588. The molecule has 1 aromatic rings. The topological polar surface area (TPSA) is 20.3 Å². The van der Waals surface area contributed by atoms with Gasteiger partial charge in [-0.05, 0) is 37.0 Å². The van der Waals surface area contributed by atoms with Crippen LogP contribution in [0.5, 0.6) is 0 Å². The predicted octanol–water partition coefficient (Wildman–Crippen LogP) is 3.83. The van der Waals surface area contributed by atoms with E-state index in [-0.39, 0.29) is 0 Å². The lowest BCUT2D eigenvalue weighted by molar-refractivity contribution is -0.122. The molecule has 1 fully saturated rings. The van der Waals surface area contributed by atoms with Crippen LogP contribution in [0.2, 0.25) is 0 Å². The van der Waals surface area contributed by atoms with Gasteiger partial charge in [-0.15, -0.1) is 0 Å². The van der Waals surface area contributed by atoms with E-state index in [1.807, 2.05) is 7.05 Å². The second-order valence-corrected chi connectivity index (χ2v) is 5.68. The van der Waals surface area contributed by atoms with Gasteiger partial charge in [0, 0.05) is 18.7 Å². The number of carbonyl (C=O) groups excluding carboxylic acids is 1. The molecule has 1 aliphatic rings. The zero-order valence-electron chi connectivity index (χ0n) is 12.2. The summed E-state index contributed by atoms with van der Waals surface area (Å²) < 4.78 is 0. The van der Waals surface area contributed by atoms with Gasteiger partial charge in [0.05, 0.1) is 6.54 Å². The second kappa shape index (κ2) is 6.74. The maximum atomic E-state index is 12.3. The van der Waals surface area contributed by atoms with Crippen molar-refractivity contribution in [2.24, 2.45) is 5.92 Å². The van der Waals surface area contributed by atoms with Crippen molar-refractivity contribution in [2.45, 2.75) is 45.4 Å². The van der Waals surface area contributed by atoms with E-state index >= 15 is 0 Å². The Bertz CT molecular complexity index is 404. The van der Waals surface area contributed by atoms with Gasteiger partial charge in [-0.1, -0.05) is 38.3 Å². The summed E-state index contributed by atoms with van der Waals surface area (Å²) in [4.78, 5) is 14.3. The first-order valence-electron chi connectivity index (χ1n) is 7.53. The highest BCUT2D eigenvalue weighted by Gasteiger charge is 2.21. The SMILES string of the molecule is CCc1ccc(N(C)CC(=O)C2CCCCC2)cc1. The third-order valence-electron chi connectivity index (χ3n) is 4.24. The molecule has 0 unspecified atom stereocenters. The fourth-order valence-electron chi connectivity index (χ4n) is 2.86. The number of carbonyl (C=O) groups is 1. The summed E-state index contributed by atoms with van der Waals surface area (Å²) >= 11 is 0. The van der Waals surface area contributed by atoms with Gasteiger partial charge >= 0.3 is 0 Å². The molecule has 1 aliphatic carbocycles. The summed E-state index contributed by atoms with van der Waals surface area (Å²) in [6, 6.07) is 8.54. The summed E-state index contributed by atoms with van der Waals surface area (Å²) in [5, 5.41) is 0. The molecular formula is C17H25NO. The Morgan fingerprint density at radius 2 is 1.79 bits per heavy atom. The third kappa shape index (κ3) is 3.82. The maximum Gasteiger partial charge on any atom is 0.155 e. The number of benzene rings is 1. The van der Waals surface area contributed by atoms with E-state index in [0.717, 1.165) is 24.9 Å². The van der Waals surface area contributed by atoms with E-state index in [0.29, 0.717) is 18.2 Å². The van der Waals surface area contributed by atoms with Crippen molar-refractivity contribution in [3.05, 3.63) is 29.8 Å². The first-order valence-corrected chi connectivity index (χ1v) is 7.53. The number of nitrogens with zero attached hydrogens (tertiary/aromatic N) is 1. The van der Waals surface area contributed by atoms with Crippen molar-refractivity contribution in [3.8, 4) is 0 Å². The fourth-order valence-corrected chi connectivity index (χ4v) is 2.86. The normalized spacial score (nSPS) is 16.3. The van der Waals surface area contributed by atoms with Crippen molar-refractivity contribution >= 4 is 11.5 Å². The third-order valence-corrected chi connectivity index (χ3v) is 4.24. The van der Waals surface area contributed by atoms with Gasteiger partial charge in [-0.2, -0.15) is 0 Å². The number of Topliss-reactive ketones (excluding diaryl/α,β-unsaturated/α-hetero) is 1. The molecule has 0 amide bonds. The summed E-state index contributed by atoms with van der Waals surface area (Å²) in [5.74, 6) is 0.730. The predicted molar refractivity (Wildman–Crippen MR) is 80.7 cm³/mol. The van der Waals surface area contributed by atoms with Crippen LogP contribution in [-0.2, 0) is 11.2 Å². The van der Waals surface area contributed by atoms with Crippen LogP contribution in [0.15, 0.2) is 24.3 Å². The van der Waals surface area contributed by atoms with Crippen LogP contribution in [0, 0.1) is 5.92 Å². The monoisotopic (exact) mass is 259 g/mol. The number of rotatable bonds is 5. The van der Waals surface area contributed by atoms with Crippen LogP contribution in [-0.4, -0.2) is 19.4 Å². The minimum atomic E-state index is 0.311. The van der Waals surface area contributed by atoms with Gasteiger partial charge in [-0.3, -0.25) is 4.79 Å². The molecule has 0 aromatic heterocycles. The number of likely N-dealkylation sites (N-methyl/N-ethyl adjacent to an activating group) is 1. The Kier molecular flexibility index (Phi) is 5.00. The Balaban J connectivity index is 1.91. The van der Waals surface area contributed by atoms with Gasteiger partial charge < -0.3 is 4.90 Å². The number of hydrogen-bond acceptors (Lipinski definition) is 2. The summed E-state index contributed by atoms with van der Waals surface area (Å²) in [7, 11) is 2.02. The Hall–Kier alpha value is -1.31. The lowest BCUT2D eigenvalue weighted by Crippen LogP contribution is -2.31. The first-order chi connectivity index (χ1) is 9.20. The zero-order chi connectivity index (χ0) is 13.7. The van der Waals surface area contributed by atoms with Crippen LogP contribution < -0.4 is 4.90 Å². The van der Waals surface area contributed by atoms with E-state index in [2.05, 4.69) is 36.1 Å². The molecule has 19 heavy (non-hydrogen) atoms. The molecule has 1 aromatic carbocycles. The average Bonchev–Trinajstić information content (AvgIpc) is 2.48. The minimum absolute atomic E-state index is 0.311. The number of hydrogen-bond donors (Lipinski definition) is 0. The van der Waals surface area contributed by atoms with Gasteiger partial charge in [0.1, 0.15) is 0 Å². The number of anilines is 1. The molecule has 0 radical (unpaired) electrons. The van der Waals surface area contributed by atoms with Gasteiger partial charge in [0.25, 0.3) is 0 Å². The molecule has 2 nitrogen and oxygen atoms in total. The highest BCUT2D eigenvalue weighted by molar-refractivity contribution is 5.85. The van der Waals surface area contributed by atoms with E-state index in [4.69, 9.17) is 0 Å². The molecule has 0 saturated heterocycles. The Morgan fingerprint density at radius 1 is 1.16 bits per heavy atom. The van der Waals surface area contributed by atoms with Crippen LogP contribution >= 0.6 is 0 Å². The van der Waals surface area contributed by atoms with Gasteiger partial charge in [-0.25, -0.2) is 0 Å². The molecule has 2 rings (SSSR count). The molecule has 2 heteroatoms. The molecule has 1 saturated carbocycles. The lowest BCUT2D eigenvalue weighted by atomic mass is 9.86. The lowest BCUT2D eigenvalue weighted by Gasteiger charge is -2.24. The largest absolute Gasteiger partial charge is 0.367 e. The molecule has 0 bridgehead atoms. The second-order valence-electron chi connectivity index (χ2n) is 5.68. The molecule has 0 atom stereocenters. The quantitative estimate of drug-likeness (QED) is 0.801. The summed E-state index contributed by atoms with van der Waals surface area (Å²) in [6.45, 7) is 2.71. The van der Waals surface area contributed by atoms with Crippen LogP contribution in [0.1, 0.15) is 44.6 Å². The average molecular weight is 259 g/mol. The molecule has 0 heterocycles. The van der Waals surface area contributed by atoms with Crippen molar-refractivity contribution < 1.29 is 4.79 Å². The number of aryl methyl sites for hydroxylation is 1. The van der Waals surface area contributed by atoms with Crippen molar-refractivity contribution in [1.82, 2.24) is 0 Å². The highest BCUT2D eigenvalue weighted by atomic mass is 16.1. The smallest absolute Gasteiger partial charge is 0.155 e. The van der Waals surface area contributed by atoms with Crippen LogP contribution in [0.25, 0.3) is 0 Å². The molecule has 0 spiro atoms.